The number of ether oxygens (including phenoxy) is 1. The number of aryl methyl sites for hydroxylation is 1. The van der Waals surface area contributed by atoms with E-state index in [1.807, 2.05) is 0 Å². The zero-order valence-corrected chi connectivity index (χ0v) is 12.3. The maximum atomic E-state index is 5.62. The number of hydrogen-bond acceptors (Lipinski definition) is 1. The highest BCUT2D eigenvalue weighted by Crippen LogP contribution is 2.07. The fraction of sp³-hybridized carbons (Fsp3) is 0.611. The summed E-state index contributed by atoms with van der Waals surface area (Å²) in [6, 6.07) is 10.8. The van der Waals surface area contributed by atoms with Crippen LogP contribution in [0.5, 0.6) is 0 Å². The van der Waals surface area contributed by atoms with E-state index in [1.54, 1.807) is 0 Å². The minimum atomic E-state index is 0.935. The largest absolute Gasteiger partial charge is 0.381 e. The normalized spacial score (nSPS) is 10.8. The Morgan fingerprint density at radius 3 is 2.05 bits per heavy atom. The molecule has 0 amide bonds. The zero-order valence-electron chi connectivity index (χ0n) is 12.3. The lowest BCUT2D eigenvalue weighted by Gasteiger charge is -2.04. The third-order valence-electron chi connectivity index (χ3n) is 3.39. The molecule has 0 aliphatic rings. The van der Waals surface area contributed by atoms with Crippen LogP contribution in [0.25, 0.3) is 0 Å². The van der Waals surface area contributed by atoms with Gasteiger partial charge in [-0.25, -0.2) is 0 Å². The van der Waals surface area contributed by atoms with Gasteiger partial charge < -0.3 is 4.74 Å². The van der Waals surface area contributed by atoms with Crippen LogP contribution in [0, 0.1) is 6.92 Å². The predicted octanol–water partition coefficient (Wildman–Crippen LogP) is 5.20. The first kappa shape index (κ1) is 16.2. The highest BCUT2D eigenvalue weighted by atomic mass is 16.5. The monoisotopic (exact) mass is 261 g/mol. The van der Waals surface area contributed by atoms with Crippen molar-refractivity contribution in [3.8, 4) is 0 Å². The third-order valence-corrected chi connectivity index (χ3v) is 3.39. The quantitative estimate of drug-likeness (QED) is 0.470. The van der Waals surface area contributed by atoms with Gasteiger partial charge in [0.05, 0.1) is 0 Å². The van der Waals surface area contributed by atoms with E-state index in [4.69, 9.17) is 4.74 Å². The average Bonchev–Trinajstić information content (AvgIpc) is 2.46. The van der Waals surface area contributed by atoms with E-state index in [1.165, 1.54) is 56.9 Å². The fourth-order valence-electron chi connectivity index (χ4n) is 2.19. The third kappa shape index (κ3) is 9.72. The van der Waals surface area contributed by atoms with Crippen LogP contribution in [-0.2, 0) is 11.2 Å². The van der Waals surface area contributed by atoms with Gasteiger partial charge >= 0.3 is 0 Å². The summed E-state index contributed by atoms with van der Waals surface area (Å²) in [5, 5.41) is 0. The van der Waals surface area contributed by atoms with Gasteiger partial charge in [0, 0.05) is 13.2 Å². The molecule has 0 aliphatic carbocycles. The number of hydrogen-bond donors (Lipinski definition) is 0. The SMILES string of the molecule is [CH2]CCCCCOCCCCCCc1ccccc1. The van der Waals surface area contributed by atoms with Gasteiger partial charge in [0.15, 0.2) is 0 Å². The van der Waals surface area contributed by atoms with Crippen molar-refractivity contribution in [2.24, 2.45) is 0 Å². The van der Waals surface area contributed by atoms with Crippen LogP contribution in [0.4, 0.5) is 0 Å². The maximum Gasteiger partial charge on any atom is 0.0466 e. The average molecular weight is 261 g/mol. The molecule has 0 bridgehead atoms. The van der Waals surface area contributed by atoms with Crippen LogP contribution in [0.3, 0.4) is 0 Å². The molecule has 0 aromatic heterocycles. The second kappa shape index (κ2) is 12.2. The summed E-state index contributed by atoms with van der Waals surface area (Å²) in [5.74, 6) is 0. The summed E-state index contributed by atoms with van der Waals surface area (Å²) >= 11 is 0. The van der Waals surface area contributed by atoms with E-state index in [9.17, 15) is 0 Å². The molecular formula is C18H29O. The van der Waals surface area contributed by atoms with Gasteiger partial charge in [-0.15, -0.1) is 0 Å². The molecule has 0 heterocycles. The molecule has 0 aliphatic heterocycles. The summed E-state index contributed by atoms with van der Waals surface area (Å²) < 4.78 is 5.62. The number of unbranched alkanes of at least 4 members (excludes halogenated alkanes) is 6. The van der Waals surface area contributed by atoms with E-state index in [2.05, 4.69) is 37.3 Å². The number of rotatable bonds is 12. The molecule has 1 heteroatoms. The van der Waals surface area contributed by atoms with Crippen LogP contribution in [0.2, 0.25) is 0 Å². The first-order valence-corrected chi connectivity index (χ1v) is 7.84. The lowest BCUT2D eigenvalue weighted by Crippen LogP contribution is -1.97. The second-order valence-electron chi connectivity index (χ2n) is 5.18. The van der Waals surface area contributed by atoms with Crippen LogP contribution in [0.15, 0.2) is 30.3 Å². The molecule has 0 fully saturated rings. The molecule has 1 aromatic carbocycles. The van der Waals surface area contributed by atoms with Crippen molar-refractivity contribution in [3.63, 3.8) is 0 Å². The number of benzene rings is 1. The summed E-state index contributed by atoms with van der Waals surface area (Å²) in [4.78, 5) is 0. The van der Waals surface area contributed by atoms with E-state index in [0.717, 1.165) is 19.6 Å². The van der Waals surface area contributed by atoms with Crippen LogP contribution in [0.1, 0.15) is 56.9 Å². The van der Waals surface area contributed by atoms with Gasteiger partial charge in [-0.2, -0.15) is 0 Å². The van der Waals surface area contributed by atoms with Gasteiger partial charge in [-0.05, 0) is 31.2 Å². The molecule has 0 atom stereocenters. The van der Waals surface area contributed by atoms with Crippen molar-refractivity contribution in [2.75, 3.05) is 13.2 Å². The molecule has 0 saturated carbocycles. The highest BCUT2D eigenvalue weighted by molar-refractivity contribution is 5.14. The smallest absolute Gasteiger partial charge is 0.0466 e. The molecule has 0 N–H and O–H groups in total. The second-order valence-corrected chi connectivity index (χ2v) is 5.18. The Morgan fingerprint density at radius 1 is 0.737 bits per heavy atom. The molecule has 1 nitrogen and oxygen atoms in total. The predicted molar refractivity (Wildman–Crippen MR) is 83.3 cm³/mol. The van der Waals surface area contributed by atoms with Crippen molar-refractivity contribution in [2.45, 2.75) is 57.8 Å². The van der Waals surface area contributed by atoms with Crippen molar-refractivity contribution < 1.29 is 4.74 Å². The van der Waals surface area contributed by atoms with E-state index < -0.39 is 0 Å². The van der Waals surface area contributed by atoms with E-state index in [-0.39, 0.29) is 0 Å². The summed E-state index contributed by atoms with van der Waals surface area (Å²) in [5.41, 5.74) is 1.46. The summed E-state index contributed by atoms with van der Waals surface area (Å²) in [7, 11) is 0. The van der Waals surface area contributed by atoms with Gasteiger partial charge in [-0.3, -0.25) is 0 Å². The molecule has 1 rings (SSSR count). The Morgan fingerprint density at radius 2 is 1.37 bits per heavy atom. The van der Waals surface area contributed by atoms with Gasteiger partial charge in [-0.1, -0.05) is 69.4 Å². The Bertz CT molecular complexity index is 281. The van der Waals surface area contributed by atoms with Crippen LogP contribution >= 0.6 is 0 Å². The molecular weight excluding hydrogens is 232 g/mol. The molecule has 0 unspecified atom stereocenters. The van der Waals surface area contributed by atoms with Gasteiger partial charge in [0.1, 0.15) is 0 Å². The lowest BCUT2D eigenvalue weighted by molar-refractivity contribution is 0.126. The van der Waals surface area contributed by atoms with Crippen LogP contribution < -0.4 is 0 Å². The Balaban J connectivity index is 1.79. The van der Waals surface area contributed by atoms with Gasteiger partial charge in [0.2, 0.25) is 0 Å². The molecule has 1 radical (unpaired) electrons. The van der Waals surface area contributed by atoms with Crippen molar-refractivity contribution in [1.82, 2.24) is 0 Å². The maximum absolute atomic E-state index is 5.62. The molecule has 107 valence electrons. The van der Waals surface area contributed by atoms with E-state index in [0.29, 0.717) is 0 Å². The Kier molecular flexibility index (Phi) is 10.4. The minimum absolute atomic E-state index is 0.935. The highest BCUT2D eigenvalue weighted by Gasteiger charge is 1.94. The first-order valence-electron chi connectivity index (χ1n) is 7.84. The lowest BCUT2D eigenvalue weighted by atomic mass is 10.1. The fourth-order valence-corrected chi connectivity index (χ4v) is 2.19. The molecule has 0 spiro atoms. The van der Waals surface area contributed by atoms with Crippen molar-refractivity contribution >= 4 is 0 Å². The van der Waals surface area contributed by atoms with Gasteiger partial charge in [0.25, 0.3) is 0 Å². The topological polar surface area (TPSA) is 9.23 Å². The summed E-state index contributed by atoms with van der Waals surface area (Å²) in [6.07, 6.45) is 11.1. The minimum Gasteiger partial charge on any atom is -0.381 e. The van der Waals surface area contributed by atoms with Crippen molar-refractivity contribution in [3.05, 3.63) is 42.8 Å². The zero-order chi connectivity index (χ0) is 13.6. The molecule has 1 aromatic rings. The molecule has 0 saturated heterocycles. The summed E-state index contributed by atoms with van der Waals surface area (Å²) in [6.45, 7) is 5.72. The Labute approximate surface area is 119 Å². The standard InChI is InChI=1S/C18H29O/c1-2-3-4-11-16-19-17-12-6-5-8-13-18-14-9-7-10-15-18/h7,9-10,14-15H,1-6,8,11-13,16-17H2. The molecule has 19 heavy (non-hydrogen) atoms. The Hall–Kier alpha value is -0.820. The van der Waals surface area contributed by atoms with Crippen molar-refractivity contribution in [1.29, 1.82) is 0 Å². The van der Waals surface area contributed by atoms with E-state index >= 15 is 0 Å². The first-order chi connectivity index (χ1) is 9.43. The van der Waals surface area contributed by atoms with Crippen LogP contribution in [-0.4, -0.2) is 13.2 Å².